The maximum atomic E-state index is 11.2. The van der Waals surface area contributed by atoms with Gasteiger partial charge in [0.2, 0.25) is 11.8 Å². The number of hydrogen-bond donors (Lipinski definition) is 2. The SMILES string of the molecule is COC(=O)CCc1ccc(-c2nnc(-c3ccc(C(=N)N)cc3)o2)cc1. The first kappa shape index (κ1) is 17.3. The second-order valence-corrected chi connectivity index (χ2v) is 5.68. The number of benzene rings is 2. The van der Waals surface area contributed by atoms with Crippen molar-refractivity contribution in [2.45, 2.75) is 12.8 Å². The first-order chi connectivity index (χ1) is 12.6. The van der Waals surface area contributed by atoms with Gasteiger partial charge in [0, 0.05) is 23.1 Å². The molecular formula is C19H18N4O3. The van der Waals surface area contributed by atoms with Crippen LogP contribution in [0.2, 0.25) is 0 Å². The molecule has 0 aliphatic heterocycles. The molecule has 0 amide bonds. The number of hydrogen-bond acceptors (Lipinski definition) is 6. The number of nitrogen functional groups attached to an aromatic ring is 1. The summed E-state index contributed by atoms with van der Waals surface area (Å²) in [5.41, 5.74) is 8.66. The van der Waals surface area contributed by atoms with Gasteiger partial charge >= 0.3 is 5.97 Å². The largest absolute Gasteiger partial charge is 0.469 e. The molecule has 0 spiro atoms. The Balaban J connectivity index is 1.73. The van der Waals surface area contributed by atoms with Crippen molar-refractivity contribution in [3.63, 3.8) is 0 Å². The molecular weight excluding hydrogens is 332 g/mol. The summed E-state index contributed by atoms with van der Waals surface area (Å²) in [6.07, 6.45) is 0.960. The summed E-state index contributed by atoms with van der Waals surface area (Å²) >= 11 is 0. The van der Waals surface area contributed by atoms with Gasteiger partial charge in [0.1, 0.15) is 5.84 Å². The summed E-state index contributed by atoms with van der Waals surface area (Å²) in [5, 5.41) is 15.6. The predicted octanol–water partition coefficient (Wildman–Crippen LogP) is 2.79. The highest BCUT2D eigenvalue weighted by Crippen LogP contribution is 2.24. The zero-order valence-electron chi connectivity index (χ0n) is 14.2. The molecule has 0 unspecified atom stereocenters. The van der Waals surface area contributed by atoms with Gasteiger partial charge in [-0.2, -0.15) is 0 Å². The van der Waals surface area contributed by atoms with Crippen LogP contribution in [0.4, 0.5) is 0 Å². The molecule has 0 saturated carbocycles. The highest BCUT2D eigenvalue weighted by Gasteiger charge is 2.11. The van der Waals surface area contributed by atoms with E-state index in [9.17, 15) is 4.79 Å². The molecule has 7 nitrogen and oxygen atoms in total. The summed E-state index contributed by atoms with van der Waals surface area (Å²) in [4.78, 5) is 11.2. The van der Waals surface area contributed by atoms with E-state index in [4.69, 9.17) is 15.6 Å². The molecule has 3 N–H and O–H groups in total. The third kappa shape index (κ3) is 3.94. The van der Waals surface area contributed by atoms with Gasteiger partial charge in [-0.25, -0.2) is 0 Å². The van der Waals surface area contributed by atoms with E-state index in [0.717, 1.165) is 16.7 Å². The quantitative estimate of drug-likeness (QED) is 0.401. The average Bonchev–Trinajstić information content (AvgIpc) is 3.16. The number of aryl methyl sites for hydroxylation is 1. The molecule has 0 aliphatic carbocycles. The van der Waals surface area contributed by atoms with Gasteiger partial charge in [-0.05, 0) is 36.2 Å². The molecule has 7 heteroatoms. The molecule has 3 rings (SSSR count). The topological polar surface area (TPSA) is 115 Å². The van der Waals surface area contributed by atoms with Crippen molar-refractivity contribution in [1.82, 2.24) is 10.2 Å². The zero-order valence-corrected chi connectivity index (χ0v) is 14.2. The van der Waals surface area contributed by atoms with Crippen molar-refractivity contribution in [3.8, 4) is 22.9 Å². The standard InChI is InChI=1S/C19H18N4O3/c1-25-16(24)11-4-12-2-5-14(6-3-12)18-22-23-19(26-18)15-9-7-13(8-10-15)17(20)21/h2-3,5-10H,4,11H2,1H3,(H3,20,21). The lowest BCUT2D eigenvalue weighted by atomic mass is 10.1. The van der Waals surface area contributed by atoms with Crippen LogP contribution < -0.4 is 5.73 Å². The Morgan fingerprint density at radius 3 is 2.08 bits per heavy atom. The Hall–Kier alpha value is -3.48. The Kier molecular flexibility index (Phi) is 5.07. The maximum absolute atomic E-state index is 11.2. The van der Waals surface area contributed by atoms with Gasteiger partial charge in [-0.1, -0.05) is 24.3 Å². The summed E-state index contributed by atoms with van der Waals surface area (Å²) in [5.74, 6) is 0.585. The number of aromatic nitrogens is 2. The predicted molar refractivity (Wildman–Crippen MR) is 96.5 cm³/mol. The number of carbonyl (C=O) groups excluding carboxylic acids is 1. The van der Waals surface area contributed by atoms with E-state index >= 15 is 0 Å². The summed E-state index contributed by atoms with van der Waals surface area (Å²) in [6, 6.07) is 14.6. The molecule has 26 heavy (non-hydrogen) atoms. The monoisotopic (exact) mass is 350 g/mol. The lowest BCUT2D eigenvalue weighted by Crippen LogP contribution is -2.10. The Labute approximate surface area is 150 Å². The smallest absolute Gasteiger partial charge is 0.305 e. The normalized spacial score (nSPS) is 10.5. The molecule has 0 saturated heterocycles. The maximum Gasteiger partial charge on any atom is 0.305 e. The number of ether oxygens (including phenoxy) is 1. The third-order valence-corrected chi connectivity index (χ3v) is 3.91. The second kappa shape index (κ2) is 7.60. The van der Waals surface area contributed by atoms with E-state index in [-0.39, 0.29) is 11.8 Å². The van der Waals surface area contributed by atoms with Gasteiger partial charge in [-0.15, -0.1) is 10.2 Å². The Bertz CT molecular complexity index is 915. The van der Waals surface area contributed by atoms with Gasteiger partial charge in [0.15, 0.2) is 0 Å². The van der Waals surface area contributed by atoms with Crippen LogP contribution in [0, 0.1) is 5.41 Å². The Morgan fingerprint density at radius 1 is 1.04 bits per heavy atom. The zero-order chi connectivity index (χ0) is 18.5. The van der Waals surface area contributed by atoms with Crippen LogP contribution in [-0.2, 0) is 16.0 Å². The number of carbonyl (C=O) groups is 1. The highest BCUT2D eigenvalue weighted by molar-refractivity contribution is 5.95. The summed E-state index contributed by atoms with van der Waals surface area (Å²) in [6.45, 7) is 0. The van der Waals surface area contributed by atoms with Gasteiger partial charge in [0.25, 0.3) is 0 Å². The third-order valence-electron chi connectivity index (χ3n) is 3.91. The molecule has 0 aliphatic rings. The van der Waals surface area contributed by atoms with Crippen LogP contribution in [0.1, 0.15) is 17.5 Å². The van der Waals surface area contributed by atoms with Crippen molar-refractivity contribution in [3.05, 3.63) is 59.7 Å². The lowest BCUT2D eigenvalue weighted by molar-refractivity contribution is -0.140. The Morgan fingerprint density at radius 2 is 1.58 bits per heavy atom. The van der Waals surface area contributed by atoms with E-state index in [1.165, 1.54) is 7.11 Å². The number of nitrogens with two attached hydrogens (primary N) is 1. The van der Waals surface area contributed by atoms with Crippen LogP contribution >= 0.6 is 0 Å². The molecule has 0 bridgehead atoms. The minimum atomic E-state index is -0.230. The number of nitrogens with zero attached hydrogens (tertiary/aromatic N) is 2. The lowest BCUT2D eigenvalue weighted by Gasteiger charge is -2.01. The van der Waals surface area contributed by atoms with E-state index in [0.29, 0.717) is 30.2 Å². The minimum Gasteiger partial charge on any atom is -0.469 e. The second-order valence-electron chi connectivity index (χ2n) is 5.68. The van der Waals surface area contributed by atoms with E-state index in [2.05, 4.69) is 14.9 Å². The molecule has 3 aromatic rings. The molecule has 0 radical (unpaired) electrons. The van der Waals surface area contributed by atoms with Crippen molar-refractivity contribution in [2.75, 3.05) is 7.11 Å². The highest BCUT2D eigenvalue weighted by atomic mass is 16.5. The van der Waals surface area contributed by atoms with Crippen LogP contribution in [-0.4, -0.2) is 29.1 Å². The molecule has 0 fully saturated rings. The van der Waals surface area contributed by atoms with Crippen LogP contribution in [0.3, 0.4) is 0 Å². The number of methoxy groups -OCH3 is 1. The fourth-order valence-electron chi connectivity index (χ4n) is 2.41. The fourth-order valence-corrected chi connectivity index (χ4v) is 2.41. The summed E-state index contributed by atoms with van der Waals surface area (Å²) < 4.78 is 10.4. The van der Waals surface area contributed by atoms with Crippen molar-refractivity contribution in [1.29, 1.82) is 5.41 Å². The van der Waals surface area contributed by atoms with Crippen LogP contribution in [0.15, 0.2) is 52.9 Å². The minimum absolute atomic E-state index is 0.00931. The van der Waals surface area contributed by atoms with Crippen LogP contribution in [0.5, 0.6) is 0 Å². The fraction of sp³-hybridized carbons (Fsp3) is 0.158. The van der Waals surface area contributed by atoms with Crippen molar-refractivity contribution >= 4 is 11.8 Å². The van der Waals surface area contributed by atoms with Crippen LogP contribution in [0.25, 0.3) is 22.9 Å². The molecule has 1 heterocycles. The number of nitrogens with one attached hydrogen (secondary N) is 1. The van der Waals surface area contributed by atoms with E-state index in [1.807, 2.05) is 24.3 Å². The van der Waals surface area contributed by atoms with E-state index < -0.39 is 0 Å². The first-order valence-electron chi connectivity index (χ1n) is 8.01. The van der Waals surface area contributed by atoms with E-state index in [1.54, 1.807) is 24.3 Å². The molecule has 0 atom stereocenters. The number of rotatable bonds is 6. The number of amidine groups is 1. The molecule has 2 aromatic carbocycles. The number of esters is 1. The summed E-state index contributed by atoms with van der Waals surface area (Å²) in [7, 11) is 1.38. The molecule has 1 aromatic heterocycles. The van der Waals surface area contributed by atoms with Crippen molar-refractivity contribution < 1.29 is 13.9 Å². The molecule has 132 valence electrons. The van der Waals surface area contributed by atoms with Crippen molar-refractivity contribution in [2.24, 2.45) is 5.73 Å². The first-order valence-corrected chi connectivity index (χ1v) is 8.01. The van der Waals surface area contributed by atoms with Gasteiger partial charge < -0.3 is 14.9 Å². The van der Waals surface area contributed by atoms with Gasteiger partial charge in [0.05, 0.1) is 7.11 Å². The van der Waals surface area contributed by atoms with Gasteiger partial charge in [-0.3, -0.25) is 10.2 Å². The average molecular weight is 350 g/mol.